The van der Waals surface area contributed by atoms with Crippen molar-refractivity contribution in [2.45, 2.75) is 6.92 Å². The first-order chi connectivity index (χ1) is 11.1. The number of rotatable bonds is 6. The normalized spacial score (nSPS) is 10.1. The van der Waals surface area contributed by atoms with E-state index in [0.717, 1.165) is 11.1 Å². The van der Waals surface area contributed by atoms with Crippen LogP contribution >= 0.6 is 0 Å². The van der Waals surface area contributed by atoms with Gasteiger partial charge in [-0.2, -0.15) is 0 Å². The number of methoxy groups -OCH3 is 3. The minimum atomic E-state index is -0.360. The summed E-state index contributed by atoms with van der Waals surface area (Å²) in [7, 11) is 4.73. The minimum Gasteiger partial charge on any atom is -0.496 e. The Bertz CT molecular complexity index is 669. The second kappa shape index (κ2) is 7.54. The van der Waals surface area contributed by atoms with E-state index >= 15 is 0 Å². The van der Waals surface area contributed by atoms with Crippen molar-refractivity contribution in [2.24, 2.45) is 0 Å². The Labute approximate surface area is 135 Å². The van der Waals surface area contributed by atoms with Crippen LogP contribution in [0.4, 0.5) is 0 Å². The third-order valence-electron chi connectivity index (χ3n) is 3.38. The highest BCUT2D eigenvalue weighted by molar-refractivity contribution is 5.92. The minimum absolute atomic E-state index is 0.332. The molecule has 0 heterocycles. The Morgan fingerprint density at radius 1 is 0.957 bits per heavy atom. The standard InChI is InChI=1S/C18H20O5/c1-5-23-18(19)13-8-6-7-12(9-13)17-15(21-3)10-14(20-2)11-16(17)22-4/h6-11H,5H2,1-4H3. The first kappa shape index (κ1) is 16.7. The lowest BCUT2D eigenvalue weighted by atomic mass is 10.0. The molecule has 0 aliphatic heterocycles. The quantitative estimate of drug-likeness (QED) is 0.763. The molecule has 0 aromatic heterocycles. The molecule has 2 aromatic carbocycles. The van der Waals surface area contributed by atoms with Crippen LogP contribution in [-0.4, -0.2) is 33.9 Å². The van der Waals surface area contributed by atoms with Crippen LogP contribution in [0.5, 0.6) is 17.2 Å². The highest BCUT2D eigenvalue weighted by atomic mass is 16.5. The molecule has 2 aromatic rings. The second-order valence-corrected chi connectivity index (χ2v) is 4.71. The molecule has 0 aliphatic rings. The molecule has 5 heteroatoms. The Hall–Kier alpha value is -2.69. The van der Waals surface area contributed by atoms with E-state index in [1.54, 1.807) is 58.6 Å². The van der Waals surface area contributed by atoms with Crippen LogP contribution in [0.1, 0.15) is 17.3 Å². The fourth-order valence-corrected chi connectivity index (χ4v) is 2.31. The largest absolute Gasteiger partial charge is 0.496 e. The van der Waals surface area contributed by atoms with Crippen molar-refractivity contribution in [1.29, 1.82) is 0 Å². The van der Waals surface area contributed by atoms with Crippen molar-refractivity contribution in [3.05, 3.63) is 42.0 Å². The van der Waals surface area contributed by atoms with E-state index in [1.807, 2.05) is 6.07 Å². The summed E-state index contributed by atoms with van der Waals surface area (Å²) in [5.74, 6) is 1.47. The zero-order chi connectivity index (χ0) is 16.8. The fraction of sp³-hybridized carbons (Fsp3) is 0.278. The number of hydrogen-bond acceptors (Lipinski definition) is 5. The number of benzene rings is 2. The molecule has 0 N–H and O–H groups in total. The van der Waals surface area contributed by atoms with Crippen LogP contribution in [0.25, 0.3) is 11.1 Å². The maximum atomic E-state index is 11.9. The van der Waals surface area contributed by atoms with Gasteiger partial charge in [0.1, 0.15) is 17.2 Å². The molecule has 0 aliphatic carbocycles. The van der Waals surface area contributed by atoms with Gasteiger partial charge in [-0.3, -0.25) is 0 Å². The average molecular weight is 316 g/mol. The number of ether oxygens (including phenoxy) is 4. The maximum Gasteiger partial charge on any atom is 0.338 e. The van der Waals surface area contributed by atoms with Crippen LogP contribution in [0, 0.1) is 0 Å². The van der Waals surface area contributed by atoms with Crippen LogP contribution in [0.2, 0.25) is 0 Å². The predicted molar refractivity (Wildman–Crippen MR) is 87.5 cm³/mol. The van der Waals surface area contributed by atoms with Gasteiger partial charge in [0.25, 0.3) is 0 Å². The van der Waals surface area contributed by atoms with E-state index in [0.29, 0.717) is 29.4 Å². The molecule has 0 unspecified atom stereocenters. The summed E-state index contributed by atoms with van der Waals surface area (Å²) in [4.78, 5) is 11.9. The predicted octanol–water partition coefficient (Wildman–Crippen LogP) is 3.56. The molecule has 0 atom stereocenters. The number of hydrogen-bond donors (Lipinski definition) is 0. The van der Waals surface area contributed by atoms with Gasteiger partial charge < -0.3 is 18.9 Å². The van der Waals surface area contributed by atoms with E-state index in [2.05, 4.69) is 0 Å². The molecule has 0 amide bonds. The summed E-state index contributed by atoms with van der Waals surface area (Å²) in [5.41, 5.74) is 2.03. The van der Waals surface area contributed by atoms with Gasteiger partial charge in [-0.15, -0.1) is 0 Å². The van der Waals surface area contributed by atoms with Gasteiger partial charge in [0.15, 0.2) is 0 Å². The maximum absolute atomic E-state index is 11.9. The number of carbonyl (C=O) groups is 1. The van der Waals surface area contributed by atoms with Gasteiger partial charge in [-0.25, -0.2) is 4.79 Å². The summed E-state index contributed by atoms with van der Waals surface area (Å²) < 4.78 is 21.2. The molecular formula is C18H20O5. The third-order valence-corrected chi connectivity index (χ3v) is 3.38. The first-order valence-corrected chi connectivity index (χ1v) is 7.22. The van der Waals surface area contributed by atoms with Gasteiger partial charge in [-0.1, -0.05) is 12.1 Å². The monoisotopic (exact) mass is 316 g/mol. The lowest BCUT2D eigenvalue weighted by Crippen LogP contribution is -2.04. The molecule has 5 nitrogen and oxygen atoms in total. The molecule has 0 bridgehead atoms. The summed E-state index contributed by atoms with van der Waals surface area (Å²) in [6, 6.07) is 10.7. The second-order valence-electron chi connectivity index (χ2n) is 4.71. The van der Waals surface area contributed by atoms with E-state index in [1.165, 1.54) is 0 Å². The van der Waals surface area contributed by atoms with Crippen molar-refractivity contribution >= 4 is 5.97 Å². The topological polar surface area (TPSA) is 54.0 Å². The molecular weight excluding hydrogens is 296 g/mol. The van der Waals surface area contributed by atoms with Gasteiger partial charge >= 0.3 is 5.97 Å². The van der Waals surface area contributed by atoms with E-state index in [-0.39, 0.29) is 5.97 Å². The molecule has 0 saturated carbocycles. The van der Waals surface area contributed by atoms with Crippen molar-refractivity contribution in [2.75, 3.05) is 27.9 Å². The van der Waals surface area contributed by atoms with Crippen LogP contribution in [-0.2, 0) is 4.74 Å². The van der Waals surface area contributed by atoms with E-state index in [4.69, 9.17) is 18.9 Å². The van der Waals surface area contributed by atoms with Gasteiger partial charge in [0.2, 0.25) is 0 Å². The van der Waals surface area contributed by atoms with Crippen LogP contribution in [0.3, 0.4) is 0 Å². The highest BCUT2D eigenvalue weighted by Gasteiger charge is 2.17. The Balaban J connectivity index is 2.57. The number of carbonyl (C=O) groups excluding carboxylic acids is 1. The fourth-order valence-electron chi connectivity index (χ4n) is 2.31. The Morgan fingerprint density at radius 3 is 2.13 bits per heavy atom. The summed E-state index contributed by atoms with van der Waals surface area (Å²) in [5, 5.41) is 0. The number of esters is 1. The van der Waals surface area contributed by atoms with Crippen molar-refractivity contribution in [3.63, 3.8) is 0 Å². The molecule has 122 valence electrons. The zero-order valence-electron chi connectivity index (χ0n) is 13.7. The molecule has 0 fully saturated rings. The van der Waals surface area contributed by atoms with Crippen molar-refractivity contribution in [3.8, 4) is 28.4 Å². The zero-order valence-corrected chi connectivity index (χ0v) is 13.7. The smallest absolute Gasteiger partial charge is 0.338 e. The van der Waals surface area contributed by atoms with Crippen molar-refractivity contribution < 1.29 is 23.7 Å². The molecule has 2 rings (SSSR count). The molecule has 0 saturated heterocycles. The van der Waals surface area contributed by atoms with Crippen LogP contribution < -0.4 is 14.2 Å². The molecule has 0 radical (unpaired) electrons. The van der Waals surface area contributed by atoms with Crippen molar-refractivity contribution in [1.82, 2.24) is 0 Å². The Morgan fingerprint density at radius 2 is 1.61 bits per heavy atom. The lowest BCUT2D eigenvalue weighted by Gasteiger charge is -2.15. The summed E-state index contributed by atoms with van der Waals surface area (Å²) in [6.07, 6.45) is 0. The van der Waals surface area contributed by atoms with Gasteiger partial charge in [0, 0.05) is 12.1 Å². The summed E-state index contributed by atoms with van der Waals surface area (Å²) >= 11 is 0. The van der Waals surface area contributed by atoms with E-state index < -0.39 is 0 Å². The third kappa shape index (κ3) is 3.56. The summed E-state index contributed by atoms with van der Waals surface area (Å²) in [6.45, 7) is 2.11. The lowest BCUT2D eigenvalue weighted by molar-refractivity contribution is 0.0526. The van der Waals surface area contributed by atoms with Crippen LogP contribution in [0.15, 0.2) is 36.4 Å². The van der Waals surface area contributed by atoms with E-state index in [9.17, 15) is 4.79 Å². The van der Waals surface area contributed by atoms with Gasteiger partial charge in [-0.05, 0) is 24.6 Å². The SMILES string of the molecule is CCOC(=O)c1cccc(-c2c(OC)cc(OC)cc2OC)c1. The molecule has 0 spiro atoms. The molecule has 23 heavy (non-hydrogen) atoms. The first-order valence-electron chi connectivity index (χ1n) is 7.22. The average Bonchev–Trinajstić information content (AvgIpc) is 2.60. The van der Waals surface area contributed by atoms with Gasteiger partial charge in [0.05, 0.1) is 39.1 Å². The highest BCUT2D eigenvalue weighted by Crippen LogP contribution is 2.41. The Kier molecular flexibility index (Phi) is 5.46.